The molecule has 6 nitrogen and oxygen atoms in total. The molecular formula is C11H9N3O3. The predicted octanol–water partition coefficient (Wildman–Crippen LogP) is 0.925. The van der Waals surface area contributed by atoms with E-state index in [1.54, 1.807) is 23.3 Å². The highest BCUT2D eigenvalue weighted by molar-refractivity contribution is 6.05. The Balaban J connectivity index is 2.29. The zero-order chi connectivity index (χ0) is 12.3. The van der Waals surface area contributed by atoms with E-state index in [1.165, 1.54) is 18.3 Å². The third kappa shape index (κ3) is 2.54. The number of carbonyl (C=O) groups is 2. The number of imidazole rings is 1. The van der Waals surface area contributed by atoms with Crippen molar-refractivity contribution in [1.29, 1.82) is 0 Å². The molecule has 0 fully saturated rings. The summed E-state index contributed by atoms with van der Waals surface area (Å²) in [6.45, 7) is 0. The molecule has 0 radical (unpaired) electrons. The number of ketones is 1. The van der Waals surface area contributed by atoms with Crippen LogP contribution in [0.25, 0.3) is 5.82 Å². The Kier molecular flexibility index (Phi) is 2.95. The van der Waals surface area contributed by atoms with Crippen LogP contribution in [0.3, 0.4) is 0 Å². The fraction of sp³-hybridized carbons (Fsp3) is 0.0909. The molecule has 0 saturated heterocycles. The smallest absolute Gasteiger partial charge is 0.311 e. The van der Waals surface area contributed by atoms with Gasteiger partial charge in [0.05, 0.1) is 0 Å². The molecule has 2 aromatic rings. The van der Waals surface area contributed by atoms with Crippen molar-refractivity contribution in [3.05, 3.63) is 42.6 Å². The van der Waals surface area contributed by atoms with E-state index in [-0.39, 0.29) is 0 Å². The molecule has 86 valence electrons. The summed E-state index contributed by atoms with van der Waals surface area (Å²) in [6, 6.07) is 3.03. The summed E-state index contributed by atoms with van der Waals surface area (Å²) in [5, 5.41) is 8.55. The lowest BCUT2D eigenvalue weighted by atomic mass is 10.1. The van der Waals surface area contributed by atoms with E-state index in [4.69, 9.17) is 5.11 Å². The Morgan fingerprint density at radius 3 is 2.82 bits per heavy atom. The number of carbonyl (C=O) groups excluding carboxylic acids is 1. The van der Waals surface area contributed by atoms with Crippen LogP contribution in [0.2, 0.25) is 0 Å². The normalized spacial score (nSPS) is 10.1. The molecule has 2 rings (SSSR count). The summed E-state index contributed by atoms with van der Waals surface area (Å²) in [7, 11) is 0. The molecule has 0 aliphatic carbocycles. The zero-order valence-electron chi connectivity index (χ0n) is 8.78. The van der Waals surface area contributed by atoms with Crippen molar-refractivity contribution in [3.63, 3.8) is 0 Å². The molecule has 0 atom stereocenters. The van der Waals surface area contributed by atoms with Gasteiger partial charge in [-0.15, -0.1) is 0 Å². The highest BCUT2D eigenvalue weighted by Crippen LogP contribution is 2.09. The van der Waals surface area contributed by atoms with Gasteiger partial charge >= 0.3 is 5.97 Å². The summed E-state index contributed by atoms with van der Waals surface area (Å²) in [6.07, 6.45) is 5.77. The highest BCUT2D eigenvalue weighted by atomic mass is 16.4. The SMILES string of the molecule is O=C(O)CC(=O)c1ccnc(-n2ccnc2)c1. The molecule has 17 heavy (non-hydrogen) atoms. The van der Waals surface area contributed by atoms with E-state index in [1.807, 2.05) is 0 Å². The van der Waals surface area contributed by atoms with Crippen molar-refractivity contribution in [3.8, 4) is 5.82 Å². The number of Topliss-reactive ketones (excluding diaryl/α,β-unsaturated/α-hetero) is 1. The van der Waals surface area contributed by atoms with Crippen molar-refractivity contribution in [2.75, 3.05) is 0 Å². The van der Waals surface area contributed by atoms with E-state index in [2.05, 4.69) is 9.97 Å². The summed E-state index contributed by atoms with van der Waals surface area (Å²) < 4.78 is 1.64. The number of aliphatic carboxylic acids is 1. The molecule has 0 saturated carbocycles. The third-order valence-electron chi connectivity index (χ3n) is 2.15. The Labute approximate surface area is 96.6 Å². The maximum Gasteiger partial charge on any atom is 0.311 e. The molecular weight excluding hydrogens is 222 g/mol. The molecule has 0 unspecified atom stereocenters. The number of carboxylic acids is 1. The molecule has 0 aliphatic heterocycles. The molecule has 1 N–H and O–H groups in total. The monoisotopic (exact) mass is 231 g/mol. The fourth-order valence-electron chi connectivity index (χ4n) is 1.37. The molecule has 2 heterocycles. The highest BCUT2D eigenvalue weighted by Gasteiger charge is 2.11. The Bertz CT molecular complexity index is 549. The minimum atomic E-state index is -1.14. The van der Waals surface area contributed by atoms with Crippen molar-refractivity contribution >= 4 is 11.8 Å². The van der Waals surface area contributed by atoms with Crippen molar-refractivity contribution in [2.24, 2.45) is 0 Å². The largest absolute Gasteiger partial charge is 0.481 e. The standard InChI is InChI=1S/C11H9N3O3/c15-9(6-11(16)17)8-1-2-13-10(5-8)14-4-3-12-7-14/h1-5,7H,6H2,(H,16,17). The molecule has 0 aromatic carbocycles. The Morgan fingerprint density at radius 1 is 1.35 bits per heavy atom. The van der Waals surface area contributed by atoms with Crippen LogP contribution < -0.4 is 0 Å². The summed E-state index contributed by atoms with van der Waals surface area (Å²) in [5.74, 6) is -1.06. The van der Waals surface area contributed by atoms with Crippen LogP contribution in [0.4, 0.5) is 0 Å². The first-order valence-corrected chi connectivity index (χ1v) is 4.86. The van der Waals surface area contributed by atoms with E-state index < -0.39 is 18.2 Å². The van der Waals surface area contributed by atoms with Crippen molar-refractivity contribution in [1.82, 2.24) is 14.5 Å². The lowest BCUT2D eigenvalue weighted by Crippen LogP contribution is -2.08. The van der Waals surface area contributed by atoms with Crippen molar-refractivity contribution < 1.29 is 14.7 Å². The topological polar surface area (TPSA) is 85.1 Å². The second-order valence-electron chi connectivity index (χ2n) is 3.37. The van der Waals surface area contributed by atoms with Gasteiger partial charge in [0.1, 0.15) is 18.6 Å². The van der Waals surface area contributed by atoms with Crippen LogP contribution >= 0.6 is 0 Å². The lowest BCUT2D eigenvalue weighted by Gasteiger charge is -2.03. The minimum absolute atomic E-state index is 0.325. The number of hydrogen-bond donors (Lipinski definition) is 1. The molecule has 6 heteroatoms. The molecule has 2 aromatic heterocycles. The Hall–Kier alpha value is -2.50. The van der Waals surface area contributed by atoms with Crippen LogP contribution in [-0.2, 0) is 4.79 Å². The number of hydrogen-bond acceptors (Lipinski definition) is 4. The van der Waals surface area contributed by atoms with Gasteiger partial charge in [0.2, 0.25) is 0 Å². The van der Waals surface area contributed by atoms with Crippen LogP contribution in [0.5, 0.6) is 0 Å². The summed E-state index contributed by atoms with van der Waals surface area (Å²) >= 11 is 0. The minimum Gasteiger partial charge on any atom is -0.481 e. The van der Waals surface area contributed by atoms with Gasteiger partial charge in [0.25, 0.3) is 0 Å². The number of aromatic nitrogens is 3. The van der Waals surface area contributed by atoms with Gasteiger partial charge in [-0.2, -0.15) is 0 Å². The molecule has 0 spiro atoms. The average Bonchev–Trinajstić information content (AvgIpc) is 2.82. The average molecular weight is 231 g/mol. The summed E-state index contributed by atoms with van der Waals surface area (Å²) in [5.41, 5.74) is 0.325. The van der Waals surface area contributed by atoms with Gasteiger partial charge in [-0.3, -0.25) is 14.2 Å². The third-order valence-corrected chi connectivity index (χ3v) is 2.15. The first kappa shape index (κ1) is 11.0. The van der Waals surface area contributed by atoms with Gasteiger partial charge in [-0.25, -0.2) is 9.97 Å². The van der Waals surface area contributed by atoms with Gasteiger partial charge in [-0.05, 0) is 12.1 Å². The van der Waals surface area contributed by atoms with Gasteiger partial charge in [0.15, 0.2) is 5.78 Å². The van der Waals surface area contributed by atoms with Gasteiger partial charge < -0.3 is 5.11 Å². The molecule has 0 bridgehead atoms. The summed E-state index contributed by atoms with van der Waals surface area (Å²) in [4.78, 5) is 29.9. The number of rotatable bonds is 4. The Morgan fingerprint density at radius 2 is 2.18 bits per heavy atom. The van der Waals surface area contributed by atoms with Gasteiger partial charge in [-0.1, -0.05) is 0 Å². The van der Waals surface area contributed by atoms with Crippen LogP contribution in [0.15, 0.2) is 37.1 Å². The second kappa shape index (κ2) is 4.56. The van der Waals surface area contributed by atoms with E-state index in [0.29, 0.717) is 11.4 Å². The molecule has 0 aliphatic rings. The predicted molar refractivity (Wildman–Crippen MR) is 57.9 cm³/mol. The van der Waals surface area contributed by atoms with E-state index in [0.717, 1.165) is 0 Å². The van der Waals surface area contributed by atoms with Crippen LogP contribution in [0.1, 0.15) is 16.8 Å². The zero-order valence-corrected chi connectivity index (χ0v) is 8.78. The first-order valence-electron chi connectivity index (χ1n) is 4.86. The van der Waals surface area contributed by atoms with Crippen LogP contribution in [0, 0.1) is 0 Å². The maximum atomic E-state index is 11.5. The maximum absolute atomic E-state index is 11.5. The van der Waals surface area contributed by atoms with E-state index >= 15 is 0 Å². The first-order chi connectivity index (χ1) is 8.16. The fourth-order valence-corrected chi connectivity index (χ4v) is 1.37. The van der Waals surface area contributed by atoms with Crippen LogP contribution in [-0.4, -0.2) is 31.4 Å². The molecule has 0 amide bonds. The van der Waals surface area contributed by atoms with Gasteiger partial charge in [0, 0.05) is 24.2 Å². The quantitative estimate of drug-likeness (QED) is 0.624. The number of pyridine rings is 1. The lowest BCUT2D eigenvalue weighted by molar-refractivity contribution is -0.135. The number of carboxylic acid groups (broad SMARTS) is 1. The number of nitrogens with zero attached hydrogens (tertiary/aromatic N) is 3. The second-order valence-corrected chi connectivity index (χ2v) is 3.37. The van der Waals surface area contributed by atoms with E-state index in [9.17, 15) is 9.59 Å². The van der Waals surface area contributed by atoms with Crippen molar-refractivity contribution in [2.45, 2.75) is 6.42 Å².